The van der Waals surface area contributed by atoms with E-state index in [1.807, 2.05) is 42.5 Å². The smallest absolute Gasteiger partial charge is 0.262 e. The Morgan fingerprint density at radius 3 is 2.53 bits per heavy atom. The van der Waals surface area contributed by atoms with Gasteiger partial charge in [0.1, 0.15) is 11.6 Å². The number of ether oxygens (including phenoxy) is 2. The third kappa shape index (κ3) is 2.44. The minimum atomic E-state index is -0.151. The van der Waals surface area contributed by atoms with Crippen molar-refractivity contribution in [3.05, 3.63) is 70.1 Å². The summed E-state index contributed by atoms with van der Waals surface area (Å²) >= 11 is 0. The van der Waals surface area contributed by atoms with Gasteiger partial charge in [0.2, 0.25) is 0 Å². The van der Waals surface area contributed by atoms with Crippen LogP contribution in [0.4, 0.5) is 0 Å². The van der Waals surface area contributed by atoms with Crippen molar-refractivity contribution in [2.24, 2.45) is 0 Å². The van der Waals surface area contributed by atoms with Crippen molar-refractivity contribution in [2.75, 3.05) is 14.2 Å². The first-order valence-electron chi connectivity index (χ1n) is 9.53. The van der Waals surface area contributed by atoms with Crippen molar-refractivity contribution in [3.63, 3.8) is 0 Å². The number of aromatic nitrogens is 3. The number of pyridine rings is 1. The fourth-order valence-electron chi connectivity index (χ4n) is 4.18. The maximum absolute atomic E-state index is 13.3. The number of para-hydroxylation sites is 1. The summed E-state index contributed by atoms with van der Waals surface area (Å²) in [5.74, 6) is 1.18. The van der Waals surface area contributed by atoms with Gasteiger partial charge in [-0.1, -0.05) is 18.2 Å². The quantitative estimate of drug-likeness (QED) is 0.529. The van der Waals surface area contributed by atoms with E-state index in [4.69, 9.17) is 9.47 Å². The molecule has 3 heterocycles. The third-order valence-corrected chi connectivity index (χ3v) is 5.57. The maximum atomic E-state index is 13.3. The van der Waals surface area contributed by atoms with Crippen molar-refractivity contribution >= 4 is 10.9 Å². The lowest BCUT2D eigenvalue weighted by Crippen LogP contribution is -2.27. The van der Waals surface area contributed by atoms with Gasteiger partial charge in [0, 0.05) is 12.1 Å². The van der Waals surface area contributed by atoms with E-state index >= 15 is 0 Å². The molecule has 4 aromatic rings. The Morgan fingerprint density at radius 2 is 1.83 bits per heavy atom. The summed E-state index contributed by atoms with van der Waals surface area (Å²) in [6.07, 6.45) is 2.20. The molecule has 0 amide bonds. The molecule has 0 spiro atoms. The molecule has 0 fully saturated rings. The van der Waals surface area contributed by atoms with E-state index in [2.05, 4.69) is 11.2 Å². The van der Waals surface area contributed by atoms with Crippen molar-refractivity contribution < 1.29 is 9.47 Å². The van der Waals surface area contributed by atoms with Crippen LogP contribution in [-0.4, -0.2) is 28.6 Å². The largest absolute Gasteiger partial charge is 0.493 e. The molecule has 30 heavy (non-hydrogen) atoms. The van der Waals surface area contributed by atoms with Gasteiger partial charge in [-0.25, -0.2) is 4.68 Å². The van der Waals surface area contributed by atoms with Crippen LogP contribution in [0.3, 0.4) is 0 Å². The first-order valence-corrected chi connectivity index (χ1v) is 9.53. The average Bonchev–Trinajstić information content (AvgIpc) is 3.24. The minimum Gasteiger partial charge on any atom is -0.493 e. The van der Waals surface area contributed by atoms with Crippen LogP contribution in [0.15, 0.2) is 53.5 Å². The fraction of sp³-hybridized carbons (Fsp3) is 0.174. The van der Waals surface area contributed by atoms with Crippen LogP contribution in [0.1, 0.15) is 11.1 Å². The molecule has 2 aromatic carbocycles. The van der Waals surface area contributed by atoms with Crippen LogP contribution >= 0.6 is 0 Å². The highest BCUT2D eigenvalue weighted by atomic mass is 16.5. The van der Waals surface area contributed by atoms with Gasteiger partial charge in [0.25, 0.3) is 5.56 Å². The molecular formula is C23H18N4O3. The second-order valence-electron chi connectivity index (χ2n) is 7.06. The molecule has 0 N–H and O–H groups in total. The molecule has 7 nitrogen and oxygen atoms in total. The van der Waals surface area contributed by atoms with E-state index < -0.39 is 0 Å². The predicted octanol–water partition coefficient (Wildman–Crippen LogP) is 3.30. The molecule has 0 radical (unpaired) electrons. The third-order valence-electron chi connectivity index (χ3n) is 5.57. The maximum Gasteiger partial charge on any atom is 0.262 e. The summed E-state index contributed by atoms with van der Waals surface area (Å²) in [6.45, 7) is 0.484. The number of benzene rings is 2. The number of nitriles is 1. The SMILES string of the molecule is COc1cc2c(cc1OC)-c1c(C#N)c3c(cnn3-c3ccccc3)c(=O)n1CC2. The Morgan fingerprint density at radius 1 is 1.10 bits per heavy atom. The number of methoxy groups -OCH3 is 2. The lowest BCUT2D eigenvalue weighted by Gasteiger charge is -2.24. The van der Waals surface area contributed by atoms with Crippen LogP contribution in [0.2, 0.25) is 0 Å². The van der Waals surface area contributed by atoms with Gasteiger partial charge in [0.05, 0.1) is 42.7 Å². The molecule has 148 valence electrons. The van der Waals surface area contributed by atoms with Gasteiger partial charge in [-0.3, -0.25) is 4.79 Å². The van der Waals surface area contributed by atoms with Crippen molar-refractivity contribution in [1.82, 2.24) is 14.3 Å². The Labute approximate surface area is 172 Å². The summed E-state index contributed by atoms with van der Waals surface area (Å²) in [5.41, 5.74) is 3.97. The highest BCUT2D eigenvalue weighted by molar-refractivity contribution is 5.92. The van der Waals surface area contributed by atoms with E-state index in [-0.39, 0.29) is 5.56 Å². The Balaban J connectivity index is 1.90. The standard InChI is InChI=1S/C23H18N4O3/c1-29-19-10-14-8-9-26-21(16(14)11-20(19)30-2)17(12-24)22-18(23(26)28)13-25-27(22)15-6-4-3-5-7-15/h3-7,10-11,13H,8-9H2,1-2H3. The molecule has 0 unspecified atom stereocenters. The molecule has 0 aliphatic carbocycles. The molecule has 2 aromatic heterocycles. The van der Waals surface area contributed by atoms with Crippen molar-refractivity contribution in [2.45, 2.75) is 13.0 Å². The zero-order valence-electron chi connectivity index (χ0n) is 16.5. The lowest BCUT2D eigenvalue weighted by atomic mass is 9.93. The highest BCUT2D eigenvalue weighted by Crippen LogP contribution is 2.40. The van der Waals surface area contributed by atoms with Gasteiger partial charge >= 0.3 is 0 Å². The monoisotopic (exact) mass is 398 g/mol. The first-order chi connectivity index (χ1) is 14.7. The zero-order chi connectivity index (χ0) is 20.8. The predicted molar refractivity (Wildman–Crippen MR) is 112 cm³/mol. The van der Waals surface area contributed by atoms with Crippen molar-refractivity contribution in [3.8, 4) is 34.5 Å². The molecular weight excluding hydrogens is 380 g/mol. The number of aryl methyl sites for hydroxylation is 1. The summed E-state index contributed by atoms with van der Waals surface area (Å²) in [7, 11) is 3.16. The molecule has 1 aliphatic rings. The second-order valence-corrected chi connectivity index (χ2v) is 7.06. The van der Waals surface area contributed by atoms with Crippen LogP contribution < -0.4 is 15.0 Å². The van der Waals surface area contributed by atoms with Gasteiger partial charge in [0.15, 0.2) is 11.5 Å². The highest BCUT2D eigenvalue weighted by Gasteiger charge is 2.27. The van der Waals surface area contributed by atoms with Crippen LogP contribution in [0.5, 0.6) is 11.5 Å². The zero-order valence-corrected chi connectivity index (χ0v) is 16.5. The van der Waals surface area contributed by atoms with E-state index in [1.165, 1.54) is 0 Å². The van der Waals surface area contributed by atoms with E-state index in [1.54, 1.807) is 29.7 Å². The van der Waals surface area contributed by atoms with Gasteiger partial charge in [-0.15, -0.1) is 0 Å². The van der Waals surface area contributed by atoms with E-state index in [9.17, 15) is 10.1 Å². The number of hydrogen-bond donors (Lipinski definition) is 0. The topological polar surface area (TPSA) is 82.1 Å². The fourth-order valence-corrected chi connectivity index (χ4v) is 4.18. The first kappa shape index (κ1) is 18.0. The summed E-state index contributed by atoms with van der Waals surface area (Å²) < 4.78 is 14.2. The molecule has 5 rings (SSSR count). The lowest BCUT2D eigenvalue weighted by molar-refractivity contribution is 0.354. The van der Waals surface area contributed by atoms with E-state index in [0.29, 0.717) is 46.6 Å². The summed E-state index contributed by atoms with van der Waals surface area (Å²) in [6, 6.07) is 15.6. The van der Waals surface area contributed by atoms with Crippen LogP contribution in [0, 0.1) is 11.3 Å². The summed E-state index contributed by atoms with van der Waals surface area (Å²) in [5, 5.41) is 15.0. The van der Waals surface area contributed by atoms with E-state index in [0.717, 1.165) is 16.8 Å². The Hall–Kier alpha value is -4.05. The molecule has 1 aliphatic heterocycles. The molecule has 0 atom stereocenters. The van der Waals surface area contributed by atoms with Crippen LogP contribution in [0.25, 0.3) is 27.8 Å². The Kier molecular flexibility index (Phi) is 4.07. The number of nitrogens with zero attached hydrogens (tertiary/aromatic N) is 4. The normalized spacial score (nSPS) is 12.2. The summed E-state index contributed by atoms with van der Waals surface area (Å²) in [4.78, 5) is 13.3. The van der Waals surface area contributed by atoms with Gasteiger partial charge in [-0.05, 0) is 36.2 Å². The van der Waals surface area contributed by atoms with Gasteiger partial charge in [-0.2, -0.15) is 10.4 Å². The molecule has 0 bridgehead atoms. The average molecular weight is 398 g/mol. The minimum absolute atomic E-state index is 0.151. The van der Waals surface area contributed by atoms with Crippen molar-refractivity contribution in [1.29, 1.82) is 5.26 Å². The molecule has 7 heteroatoms. The molecule has 0 saturated heterocycles. The Bertz CT molecular complexity index is 1390. The molecule has 0 saturated carbocycles. The number of hydrogen-bond acceptors (Lipinski definition) is 5. The number of fused-ring (bicyclic) bond motifs is 4. The van der Waals surface area contributed by atoms with Crippen LogP contribution in [-0.2, 0) is 13.0 Å². The van der Waals surface area contributed by atoms with Gasteiger partial charge < -0.3 is 14.0 Å². The second kappa shape index (κ2) is 6.78. The number of rotatable bonds is 3.